The highest BCUT2D eigenvalue weighted by Gasteiger charge is 2.18. The summed E-state index contributed by atoms with van der Waals surface area (Å²) in [4.78, 5) is 0. The van der Waals surface area contributed by atoms with Gasteiger partial charge in [0.05, 0.1) is 13.2 Å². The summed E-state index contributed by atoms with van der Waals surface area (Å²) < 4.78 is 31.5. The topological polar surface area (TPSA) is 47.3 Å². The molecule has 1 unspecified atom stereocenters. The van der Waals surface area contributed by atoms with Crippen molar-refractivity contribution in [3.8, 4) is 5.75 Å². The van der Waals surface area contributed by atoms with Gasteiger partial charge in [-0.05, 0) is 23.8 Å². The molecule has 19 heavy (non-hydrogen) atoms. The summed E-state index contributed by atoms with van der Waals surface area (Å²) in [5, 5.41) is 0. The molecule has 2 rings (SSSR count). The van der Waals surface area contributed by atoms with E-state index in [1.807, 2.05) is 18.2 Å². The van der Waals surface area contributed by atoms with Gasteiger partial charge in [-0.1, -0.05) is 24.3 Å². The first-order valence-corrected chi connectivity index (χ1v) is 5.71. The van der Waals surface area contributed by atoms with Gasteiger partial charge in [-0.15, -0.1) is 0 Å². The third-order valence-corrected chi connectivity index (χ3v) is 2.89. The monoisotopic (exact) mass is 264 g/mol. The Morgan fingerprint density at radius 2 is 1.84 bits per heavy atom. The summed E-state index contributed by atoms with van der Waals surface area (Å²) in [5.41, 5.74) is 3.85. The van der Waals surface area contributed by atoms with Crippen molar-refractivity contribution in [2.24, 2.45) is 5.84 Å². The lowest BCUT2D eigenvalue weighted by Gasteiger charge is -2.19. The molecule has 0 fully saturated rings. The predicted octanol–water partition coefficient (Wildman–Crippen LogP) is 2.53. The number of nitrogens with two attached hydrogens (primary N) is 1. The van der Waals surface area contributed by atoms with Crippen molar-refractivity contribution in [1.82, 2.24) is 5.43 Å². The van der Waals surface area contributed by atoms with Gasteiger partial charge in [-0.2, -0.15) is 0 Å². The molecular formula is C14H14F2N2O. The number of hydrazine groups is 1. The Labute approximate surface area is 110 Å². The second-order valence-corrected chi connectivity index (χ2v) is 4.02. The van der Waals surface area contributed by atoms with Crippen molar-refractivity contribution < 1.29 is 13.5 Å². The smallest absolute Gasteiger partial charge is 0.159 e. The van der Waals surface area contributed by atoms with E-state index in [9.17, 15) is 8.78 Å². The van der Waals surface area contributed by atoms with E-state index in [4.69, 9.17) is 10.6 Å². The average molecular weight is 264 g/mol. The molecule has 3 N–H and O–H groups in total. The van der Waals surface area contributed by atoms with Crippen LogP contribution in [0.15, 0.2) is 42.5 Å². The number of halogens is 2. The first-order chi connectivity index (χ1) is 9.17. The minimum Gasteiger partial charge on any atom is -0.496 e. The first-order valence-electron chi connectivity index (χ1n) is 5.71. The van der Waals surface area contributed by atoms with Crippen LogP contribution in [0.25, 0.3) is 0 Å². The normalized spacial score (nSPS) is 12.2. The van der Waals surface area contributed by atoms with E-state index in [1.165, 1.54) is 13.2 Å². The first kappa shape index (κ1) is 13.5. The molecule has 0 aliphatic heterocycles. The summed E-state index contributed by atoms with van der Waals surface area (Å²) in [6.07, 6.45) is 0. The molecule has 0 aliphatic carbocycles. The largest absolute Gasteiger partial charge is 0.496 e. The van der Waals surface area contributed by atoms with Crippen molar-refractivity contribution in [2.45, 2.75) is 6.04 Å². The molecule has 0 saturated heterocycles. The fraction of sp³-hybridized carbons (Fsp3) is 0.143. The Kier molecular flexibility index (Phi) is 4.09. The zero-order valence-corrected chi connectivity index (χ0v) is 10.4. The minimum atomic E-state index is -0.910. The molecule has 3 nitrogen and oxygen atoms in total. The molecule has 0 saturated carbocycles. The van der Waals surface area contributed by atoms with Crippen molar-refractivity contribution >= 4 is 0 Å². The van der Waals surface area contributed by atoms with E-state index in [0.29, 0.717) is 11.3 Å². The highest BCUT2D eigenvalue weighted by molar-refractivity contribution is 5.41. The van der Waals surface area contributed by atoms with Crippen LogP contribution in [0.4, 0.5) is 8.78 Å². The number of nitrogens with one attached hydrogen (secondary N) is 1. The summed E-state index contributed by atoms with van der Waals surface area (Å²) >= 11 is 0. The predicted molar refractivity (Wildman–Crippen MR) is 68.5 cm³/mol. The lowest BCUT2D eigenvalue weighted by atomic mass is 9.98. The molecule has 1 atom stereocenters. The van der Waals surface area contributed by atoms with Crippen LogP contribution in [0.3, 0.4) is 0 Å². The summed E-state index contributed by atoms with van der Waals surface area (Å²) in [6, 6.07) is 10.4. The van der Waals surface area contributed by atoms with Crippen LogP contribution in [0.2, 0.25) is 0 Å². The van der Waals surface area contributed by atoms with Crippen LogP contribution in [-0.4, -0.2) is 7.11 Å². The number of ether oxygens (including phenoxy) is 1. The van der Waals surface area contributed by atoms with Gasteiger partial charge in [-0.3, -0.25) is 5.84 Å². The SMILES string of the molecule is COc1ccccc1C(NN)c1ccc(F)c(F)c1. The van der Waals surface area contributed by atoms with Crippen molar-refractivity contribution in [3.05, 3.63) is 65.2 Å². The van der Waals surface area contributed by atoms with E-state index in [-0.39, 0.29) is 0 Å². The number of rotatable bonds is 4. The molecule has 0 heterocycles. The van der Waals surface area contributed by atoms with Gasteiger partial charge in [0, 0.05) is 5.56 Å². The van der Waals surface area contributed by atoms with Crippen molar-refractivity contribution in [3.63, 3.8) is 0 Å². The Hall–Kier alpha value is -1.98. The number of hydrogen-bond acceptors (Lipinski definition) is 3. The lowest BCUT2D eigenvalue weighted by Crippen LogP contribution is -2.29. The van der Waals surface area contributed by atoms with Crippen molar-refractivity contribution in [1.29, 1.82) is 0 Å². The number of benzene rings is 2. The fourth-order valence-electron chi connectivity index (χ4n) is 1.96. The maximum absolute atomic E-state index is 13.3. The summed E-state index contributed by atoms with van der Waals surface area (Å²) in [5.74, 6) is 4.35. The van der Waals surface area contributed by atoms with Gasteiger partial charge in [-0.25, -0.2) is 14.2 Å². The maximum Gasteiger partial charge on any atom is 0.159 e. The van der Waals surface area contributed by atoms with Gasteiger partial charge >= 0.3 is 0 Å². The Morgan fingerprint density at radius 1 is 1.11 bits per heavy atom. The van der Waals surface area contributed by atoms with Crippen LogP contribution in [0.1, 0.15) is 17.2 Å². The molecule has 100 valence electrons. The van der Waals surface area contributed by atoms with Crippen LogP contribution in [0, 0.1) is 11.6 Å². The van der Waals surface area contributed by atoms with E-state index in [0.717, 1.165) is 17.7 Å². The van der Waals surface area contributed by atoms with E-state index in [2.05, 4.69) is 5.43 Å². The van der Waals surface area contributed by atoms with Gasteiger partial charge in [0.1, 0.15) is 5.75 Å². The highest BCUT2D eigenvalue weighted by Crippen LogP contribution is 2.29. The third-order valence-electron chi connectivity index (χ3n) is 2.89. The Morgan fingerprint density at radius 3 is 2.47 bits per heavy atom. The molecule has 0 amide bonds. The summed E-state index contributed by atoms with van der Waals surface area (Å²) in [6.45, 7) is 0. The van der Waals surface area contributed by atoms with Crippen LogP contribution in [0.5, 0.6) is 5.75 Å². The van der Waals surface area contributed by atoms with Gasteiger partial charge in [0.15, 0.2) is 11.6 Å². The van der Waals surface area contributed by atoms with Crippen LogP contribution >= 0.6 is 0 Å². The molecule has 0 bridgehead atoms. The molecule has 0 spiro atoms. The van der Waals surface area contributed by atoms with Gasteiger partial charge < -0.3 is 4.74 Å². The third kappa shape index (κ3) is 2.72. The summed E-state index contributed by atoms with van der Waals surface area (Å²) in [7, 11) is 1.54. The molecule has 0 aliphatic rings. The van der Waals surface area contributed by atoms with Gasteiger partial charge in [0.2, 0.25) is 0 Å². The second-order valence-electron chi connectivity index (χ2n) is 4.02. The Bertz CT molecular complexity index is 575. The number of methoxy groups -OCH3 is 1. The molecule has 2 aromatic rings. The zero-order chi connectivity index (χ0) is 13.8. The quantitative estimate of drug-likeness (QED) is 0.659. The zero-order valence-electron chi connectivity index (χ0n) is 10.4. The fourth-order valence-corrected chi connectivity index (χ4v) is 1.96. The van der Waals surface area contributed by atoms with Gasteiger partial charge in [0.25, 0.3) is 0 Å². The second kappa shape index (κ2) is 5.77. The highest BCUT2D eigenvalue weighted by atomic mass is 19.2. The minimum absolute atomic E-state index is 0.480. The Balaban J connectivity index is 2.46. The van der Waals surface area contributed by atoms with Crippen LogP contribution in [-0.2, 0) is 0 Å². The van der Waals surface area contributed by atoms with E-state index in [1.54, 1.807) is 6.07 Å². The average Bonchev–Trinajstić information content (AvgIpc) is 2.44. The molecule has 5 heteroatoms. The molecule has 0 radical (unpaired) electrons. The molecule has 0 aromatic heterocycles. The molecule has 2 aromatic carbocycles. The van der Waals surface area contributed by atoms with Crippen LogP contribution < -0.4 is 16.0 Å². The maximum atomic E-state index is 13.3. The number of para-hydroxylation sites is 1. The lowest BCUT2D eigenvalue weighted by molar-refractivity contribution is 0.404. The number of hydrogen-bond donors (Lipinski definition) is 2. The van der Waals surface area contributed by atoms with Crippen molar-refractivity contribution in [2.75, 3.05) is 7.11 Å². The standard InChI is InChI=1S/C14H14F2N2O/c1-19-13-5-3-2-4-10(13)14(18-17)9-6-7-11(15)12(16)8-9/h2-8,14,18H,17H2,1H3. The molecular weight excluding hydrogens is 250 g/mol. The van der Waals surface area contributed by atoms with E-state index >= 15 is 0 Å². The van der Waals surface area contributed by atoms with E-state index < -0.39 is 17.7 Å².